The lowest BCUT2D eigenvalue weighted by atomic mass is 9.53. The first-order chi connectivity index (χ1) is 22.3. The Morgan fingerprint density at radius 1 is 0.979 bits per heavy atom. The number of aliphatic hydroxyl groups excluding tert-OH is 1. The number of Topliss-reactive ketones (excluding diaryl/α,β-unsaturated/α-hetero) is 1. The Balaban J connectivity index is 1.34. The fourth-order valence-corrected chi connectivity index (χ4v) is 9.31. The van der Waals surface area contributed by atoms with Gasteiger partial charge in [-0.3, -0.25) is 9.59 Å². The van der Waals surface area contributed by atoms with Crippen LogP contribution in [0.25, 0.3) is 0 Å². The number of epoxide rings is 1. The fraction of sp³-hybridized carbons (Fsp3) is 0.472. The summed E-state index contributed by atoms with van der Waals surface area (Å²) in [7, 11) is 0. The van der Waals surface area contributed by atoms with E-state index in [1.165, 1.54) is 6.92 Å². The molecule has 0 aromatic heterocycles. The number of ether oxygens (including phenoxy) is 6. The molecule has 6 aliphatic rings. The molecule has 0 spiro atoms. The summed E-state index contributed by atoms with van der Waals surface area (Å²) in [6.07, 6.45) is -3.18. The van der Waals surface area contributed by atoms with Crippen molar-refractivity contribution in [2.75, 3.05) is 6.61 Å². The average molecular weight is 645 g/mol. The number of esters is 2. The largest absolute Gasteiger partial charge is 0.459 e. The lowest BCUT2D eigenvalue weighted by molar-refractivity contribution is -0.440. The highest BCUT2D eigenvalue weighted by Crippen LogP contribution is 2.74. The summed E-state index contributed by atoms with van der Waals surface area (Å²) < 4.78 is 39.0. The standard InChI is InChI=1S/C36H36O11/c1-18(2)34-27(43-21(5)37)20(4)35-24-16-19(3)26(38)33(24,41)31(40)32(17-42-30(39)22-12-8-6-9-13-22)28(44-32)25(35)29(34)45-36(46-34,47-35)23-14-10-7-11-15-23/h6-16,20,24-25,27-29,31,40-41H,1,17H2,2-5H3/t20-,24-,25+,27-,28+,29-,31-,32+,33-,34+,35+,36?/m1/s1. The summed E-state index contributed by atoms with van der Waals surface area (Å²) >= 11 is 0. The van der Waals surface area contributed by atoms with Crippen molar-refractivity contribution in [3.63, 3.8) is 0 Å². The Hall–Kier alpha value is -3.71. The van der Waals surface area contributed by atoms with Crippen LogP contribution in [-0.2, 0) is 44.0 Å². The van der Waals surface area contributed by atoms with Gasteiger partial charge in [0.1, 0.15) is 31.0 Å². The van der Waals surface area contributed by atoms with E-state index in [0.29, 0.717) is 11.1 Å². The van der Waals surface area contributed by atoms with E-state index in [1.807, 2.05) is 13.0 Å². The third kappa shape index (κ3) is 3.59. The highest BCUT2D eigenvalue weighted by atomic mass is 16.9. The number of aliphatic hydroxyl groups is 2. The maximum atomic E-state index is 14.0. The van der Waals surface area contributed by atoms with Crippen LogP contribution in [0.3, 0.4) is 0 Å². The maximum Gasteiger partial charge on any atom is 0.338 e. The lowest BCUT2D eigenvalue weighted by Crippen LogP contribution is -2.76. The van der Waals surface area contributed by atoms with Crippen molar-refractivity contribution in [1.82, 2.24) is 0 Å². The van der Waals surface area contributed by atoms with Crippen LogP contribution in [0.5, 0.6) is 0 Å². The zero-order valence-corrected chi connectivity index (χ0v) is 26.4. The van der Waals surface area contributed by atoms with Crippen molar-refractivity contribution in [2.45, 2.75) is 80.5 Å². The Morgan fingerprint density at radius 3 is 2.28 bits per heavy atom. The van der Waals surface area contributed by atoms with E-state index in [9.17, 15) is 24.6 Å². The van der Waals surface area contributed by atoms with Gasteiger partial charge in [0.25, 0.3) is 0 Å². The monoisotopic (exact) mass is 644 g/mol. The minimum Gasteiger partial charge on any atom is -0.459 e. The maximum absolute atomic E-state index is 14.0. The highest BCUT2D eigenvalue weighted by Gasteiger charge is 2.91. The summed E-state index contributed by atoms with van der Waals surface area (Å²) in [5.41, 5.74) is -5.75. The molecule has 3 saturated heterocycles. The van der Waals surface area contributed by atoms with Crippen LogP contribution in [0.1, 0.15) is 43.6 Å². The van der Waals surface area contributed by atoms with Gasteiger partial charge < -0.3 is 38.6 Å². The smallest absolute Gasteiger partial charge is 0.338 e. The molecule has 3 aliphatic carbocycles. The zero-order chi connectivity index (χ0) is 33.3. The van der Waals surface area contributed by atoms with Gasteiger partial charge in [0.15, 0.2) is 22.6 Å². The fourth-order valence-electron chi connectivity index (χ4n) is 9.31. The molecule has 11 heteroatoms. The highest BCUT2D eigenvalue weighted by molar-refractivity contribution is 6.05. The molecule has 0 amide bonds. The van der Waals surface area contributed by atoms with Gasteiger partial charge >= 0.3 is 17.9 Å². The van der Waals surface area contributed by atoms with E-state index in [2.05, 4.69) is 6.58 Å². The van der Waals surface area contributed by atoms with Crippen molar-refractivity contribution in [3.05, 3.63) is 95.6 Å². The van der Waals surface area contributed by atoms with Gasteiger partial charge in [-0.15, -0.1) is 0 Å². The van der Waals surface area contributed by atoms with Crippen molar-refractivity contribution in [2.24, 2.45) is 17.8 Å². The molecule has 2 aromatic rings. The molecule has 8 rings (SSSR count). The molecule has 0 radical (unpaired) electrons. The predicted molar refractivity (Wildman–Crippen MR) is 161 cm³/mol. The van der Waals surface area contributed by atoms with Gasteiger partial charge in [0.2, 0.25) is 0 Å². The van der Waals surface area contributed by atoms with Gasteiger partial charge in [-0.2, -0.15) is 0 Å². The van der Waals surface area contributed by atoms with E-state index in [-0.39, 0.29) is 11.1 Å². The SMILES string of the molecule is C=C(C)[C@@]12OC3(c4ccccc4)O[C@@H]1[C@@H]1[C@@H]4O[C@]4(COC(=O)c4ccccc4)[C@@H](O)[C@]4(O)C(=O)C(C)=C[C@H]4[C@@]1(O3)[C@H](C)[C@H]2OC(C)=O. The van der Waals surface area contributed by atoms with E-state index in [1.54, 1.807) is 74.5 Å². The Labute approximate surface area is 271 Å². The molecule has 246 valence electrons. The molecule has 1 unspecified atom stereocenters. The van der Waals surface area contributed by atoms with Crippen LogP contribution in [0.4, 0.5) is 0 Å². The minimum absolute atomic E-state index is 0.213. The van der Waals surface area contributed by atoms with Gasteiger partial charge in [0, 0.05) is 30.2 Å². The van der Waals surface area contributed by atoms with Crippen LogP contribution < -0.4 is 0 Å². The second-order valence-electron chi connectivity index (χ2n) is 13.8. The normalized spacial score (nSPS) is 45.2. The van der Waals surface area contributed by atoms with Crippen LogP contribution >= 0.6 is 0 Å². The molecule has 5 fully saturated rings. The number of benzene rings is 2. The summed E-state index contributed by atoms with van der Waals surface area (Å²) in [5.74, 6) is -6.61. The van der Waals surface area contributed by atoms with E-state index in [0.717, 1.165) is 0 Å². The molecular weight excluding hydrogens is 608 g/mol. The predicted octanol–water partition coefficient (Wildman–Crippen LogP) is 2.74. The minimum atomic E-state index is -2.47. The third-order valence-corrected chi connectivity index (χ3v) is 11.4. The molecule has 3 aliphatic heterocycles. The van der Waals surface area contributed by atoms with Crippen LogP contribution in [0, 0.1) is 17.8 Å². The van der Waals surface area contributed by atoms with Crippen LogP contribution in [-0.4, -0.2) is 81.4 Å². The van der Waals surface area contributed by atoms with Crippen LogP contribution in [0.2, 0.25) is 0 Å². The first-order valence-corrected chi connectivity index (χ1v) is 15.8. The molecule has 3 bridgehead atoms. The molecule has 12 atom stereocenters. The number of carbonyl (C=O) groups is 3. The van der Waals surface area contributed by atoms with Crippen molar-refractivity contribution < 1.29 is 53.0 Å². The van der Waals surface area contributed by atoms with Gasteiger partial charge in [0.05, 0.1) is 11.2 Å². The van der Waals surface area contributed by atoms with Crippen molar-refractivity contribution in [1.29, 1.82) is 0 Å². The van der Waals surface area contributed by atoms with Gasteiger partial charge in [-0.1, -0.05) is 68.1 Å². The first-order valence-electron chi connectivity index (χ1n) is 15.8. The van der Waals surface area contributed by atoms with E-state index in [4.69, 9.17) is 28.4 Å². The summed E-state index contributed by atoms with van der Waals surface area (Å²) in [6.45, 7) is 10.2. The van der Waals surface area contributed by atoms with E-state index >= 15 is 0 Å². The van der Waals surface area contributed by atoms with Crippen molar-refractivity contribution in [3.8, 4) is 0 Å². The Morgan fingerprint density at radius 2 is 1.64 bits per heavy atom. The number of fused-ring (bicyclic) bond motifs is 3. The van der Waals surface area contributed by atoms with Crippen molar-refractivity contribution >= 4 is 17.7 Å². The third-order valence-electron chi connectivity index (χ3n) is 11.4. The number of ketones is 1. The molecule has 11 nitrogen and oxygen atoms in total. The lowest BCUT2D eigenvalue weighted by Gasteiger charge is -2.61. The average Bonchev–Trinajstić information content (AvgIpc) is 3.67. The summed E-state index contributed by atoms with van der Waals surface area (Å²) in [6, 6.07) is 17.3. The number of rotatable bonds is 6. The second-order valence-corrected chi connectivity index (χ2v) is 13.8. The number of hydrogen-bond donors (Lipinski definition) is 2. The quantitative estimate of drug-likeness (QED) is 0.272. The Kier molecular flexibility index (Phi) is 6.31. The molecule has 2 aromatic carbocycles. The zero-order valence-electron chi connectivity index (χ0n) is 26.4. The molecule has 2 N–H and O–H groups in total. The van der Waals surface area contributed by atoms with Crippen LogP contribution in [0.15, 0.2) is 84.5 Å². The molecule has 2 saturated carbocycles. The van der Waals surface area contributed by atoms with E-state index < -0.39 is 94.9 Å². The molecule has 3 heterocycles. The summed E-state index contributed by atoms with van der Waals surface area (Å²) in [4.78, 5) is 39.9. The summed E-state index contributed by atoms with van der Waals surface area (Å²) in [5, 5.41) is 24.8. The Bertz CT molecular complexity index is 1740. The topological polar surface area (TPSA) is 150 Å². The first kappa shape index (κ1) is 30.6. The molecular formula is C36H36O11. The van der Waals surface area contributed by atoms with Gasteiger partial charge in [-0.05, 0) is 37.1 Å². The number of hydrogen-bond acceptors (Lipinski definition) is 11. The second kappa shape index (κ2) is 9.68. The molecule has 47 heavy (non-hydrogen) atoms. The number of carbonyl (C=O) groups excluding carboxylic acids is 3. The van der Waals surface area contributed by atoms with Gasteiger partial charge in [-0.25, -0.2) is 4.79 Å².